The van der Waals surface area contributed by atoms with E-state index in [4.69, 9.17) is 0 Å². The van der Waals surface area contributed by atoms with Crippen molar-refractivity contribution in [2.75, 3.05) is 26.2 Å². The summed E-state index contributed by atoms with van der Waals surface area (Å²) in [4.78, 5) is 14.7. The third kappa shape index (κ3) is 6.10. The van der Waals surface area contributed by atoms with E-state index in [0.29, 0.717) is 18.2 Å². The fraction of sp³-hybridized carbons (Fsp3) is 0.650. The molecule has 1 aliphatic rings. The lowest BCUT2D eigenvalue weighted by Crippen LogP contribution is -2.41. The number of carbonyl (C=O) groups is 1. The van der Waals surface area contributed by atoms with Crippen molar-refractivity contribution >= 4 is 18.3 Å². The van der Waals surface area contributed by atoms with Crippen molar-refractivity contribution in [3.05, 3.63) is 35.4 Å². The van der Waals surface area contributed by atoms with Gasteiger partial charge in [0.15, 0.2) is 0 Å². The Morgan fingerprint density at radius 1 is 1.21 bits per heavy atom. The zero-order chi connectivity index (χ0) is 16.7. The van der Waals surface area contributed by atoms with Gasteiger partial charge in [-0.2, -0.15) is 0 Å². The van der Waals surface area contributed by atoms with Crippen LogP contribution < -0.4 is 5.32 Å². The molecule has 1 atom stereocenters. The molecule has 0 spiro atoms. The molecule has 2 rings (SSSR count). The largest absolute Gasteiger partial charge is 0.343 e. The van der Waals surface area contributed by atoms with Crippen LogP contribution >= 0.6 is 12.4 Å². The number of halogens is 1. The van der Waals surface area contributed by atoms with E-state index >= 15 is 0 Å². The number of benzene rings is 1. The summed E-state index contributed by atoms with van der Waals surface area (Å²) in [7, 11) is 0. The van der Waals surface area contributed by atoms with Gasteiger partial charge < -0.3 is 10.2 Å². The van der Waals surface area contributed by atoms with Gasteiger partial charge in [0.2, 0.25) is 5.91 Å². The third-order valence-electron chi connectivity index (χ3n) is 5.11. The maximum Gasteiger partial charge on any atom is 0.223 e. The van der Waals surface area contributed by atoms with Crippen LogP contribution in [-0.2, 0) is 4.79 Å². The second-order valence-electron chi connectivity index (χ2n) is 6.85. The molecule has 136 valence electrons. The van der Waals surface area contributed by atoms with Crippen LogP contribution in [0.4, 0.5) is 0 Å². The molecule has 1 aromatic carbocycles. The van der Waals surface area contributed by atoms with E-state index in [2.05, 4.69) is 55.3 Å². The molecule has 4 heteroatoms. The predicted octanol–water partition coefficient (Wildman–Crippen LogP) is 4.15. The maximum absolute atomic E-state index is 12.6. The van der Waals surface area contributed by atoms with Crippen molar-refractivity contribution in [2.24, 2.45) is 5.92 Å². The van der Waals surface area contributed by atoms with Crippen molar-refractivity contribution in [2.45, 2.75) is 52.4 Å². The van der Waals surface area contributed by atoms with E-state index in [1.165, 1.54) is 11.1 Å². The molecular formula is C20H33ClN2O. The van der Waals surface area contributed by atoms with Crippen molar-refractivity contribution in [1.29, 1.82) is 0 Å². The Kier molecular flexibility index (Phi) is 9.38. The van der Waals surface area contributed by atoms with Crippen LogP contribution in [0.2, 0.25) is 0 Å². The average molecular weight is 353 g/mol. The third-order valence-corrected chi connectivity index (χ3v) is 5.11. The monoisotopic (exact) mass is 352 g/mol. The Morgan fingerprint density at radius 2 is 1.83 bits per heavy atom. The lowest BCUT2D eigenvalue weighted by Gasteiger charge is -2.33. The highest BCUT2D eigenvalue weighted by Gasteiger charge is 2.24. The summed E-state index contributed by atoms with van der Waals surface area (Å²) in [6.45, 7) is 10.4. The Hall–Kier alpha value is -1.06. The molecule has 1 aromatic rings. The van der Waals surface area contributed by atoms with Gasteiger partial charge in [-0.3, -0.25) is 4.79 Å². The number of amides is 1. The Bertz CT molecular complexity index is 481. The molecule has 1 heterocycles. The normalized spacial score (nSPS) is 16.5. The van der Waals surface area contributed by atoms with Gasteiger partial charge in [0.05, 0.1) is 0 Å². The smallest absolute Gasteiger partial charge is 0.223 e. The second-order valence-corrected chi connectivity index (χ2v) is 6.85. The SMILES string of the molecule is CCNCC1CCN(C(=O)CC(CC)c2ccc(C)cc2)CC1.Cl. The number of likely N-dealkylation sites (tertiary alicyclic amines) is 1. The molecular weight excluding hydrogens is 320 g/mol. The number of hydrogen-bond donors (Lipinski definition) is 1. The Labute approximate surface area is 153 Å². The zero-order valence-electron chi connectivity index (χ0n) is 15.4. The quantitative estimate of drug-likeness (QED) is 0.799. The zero-order valence-corrected chi connectivity index (χ0v) is 16.2. The highest BCUT2D eigenvalue weighted by Crippen LogP contribution is 2.26. The summed E-state index contributed by atoms with van der Waals surface area (Å²) in [5.74, 6) is 1.42. The van der Waals surface area contributed by atoms with E-state index in [1.807, 2.05) is 0 Å². The molecule has 0 saturated carbocycles. The average Bonchev–Trinajstić information content (AvgIpc) is 2.59. The van der Waals surface area contributed by atoms with E-state index in [9.17, 15) is 4.79 Å². The summed E-state index contributed by atoms with van der Waals surface area (Å²) in [6.07, 6.45) is 3.95. The highest BCUT2D eigenvalue weighted by molar-refractivity contribution is 5.85. The predicted molar refractivity (Wildman–Crippen MR) is 104 cm³/mol. The lowest BCUT2D eigenvalue weighted by atomic mass is 9.91. The van der Waals surface area contributed by atoms with Crippen molar-refractivity contribution in [3.8, 4) is 0 Å². The number of piperidine rings is 1. The van der Waals surface area contributed by atoms with Gasteiger partial charge in [-0.25, -0.2) is 0 Å². The van der Waals surface area contributed by atoms with Crippen LogP contribution in [0.5, 0.6) is 0 Å². The first kappa shape index (κ1) is 21.0. The van der Waals surface area contributed by atoms with Gasteiger partial charge in [0.25, 0.3) is 0 Å². The van der Waals surface area contributed by atoms with Crippen molar-refractivity contribution in [1.82, 2.24) is 10.2 Å². The van der Waals surface area contributed by atoms with Gasteiger partial charge in [0.1, 0.15) is 0 Å². The topological polar surface area (TPSA) is 32.3 Å². The van der Waals surface area contributed by atoms with E-state index in [-0.39, 0.29) is 12.4 Å². The lowest BCUT2D eigenvalue weighted by molar-refractivity contribution is -0.133. The minimum absolute atomic E-state index is 0. The van der Waals surface area contributed by atoms with Crippen LogP contribution in [0.3, 0.4) is 0 Å². The second kappa shape index (κ2) is 10.7. The number of rotatable bonds is 7. The molecule has 1 amide bonds. The van der Waals surface area contributed by atoms with Crippen LogP contribution in [0.15, 0.2) is 24.3 Å². The molecule has 1 unspecified atom stereocenters. The number of aryl methyl sites for hydroxylation is 1. The van der Waals surface area contributed by atoms with Gasteiger partial charge in [0, 0.05) is 19.5 Å². The van der Waals surface area contributed by atoms with Crippen molar-refractivity contribution < 1.29 is 4.79 Å². The molecule has 1 aliphatic heterocycles. The van der Waals surface area contributed by atoms with E-state index < -0.39 is 0 Å². The Balaban J connectivity index is 0.00000288. The standard InChI is InChI=1S/C20H32N2O.ClH/c1-4-18(19-8-6-16(3)7-9-19)14-20(23)22-12-10-17(11-13-22)15-21-5-2;/h6-9,17-18,21H,4-5,10-15H2,1-3H3;1H. The van der Waals surface area contributed by atoms with Crippen molar-refractivity contribution in [3.63, 3.8) is 0 Å². The fourth-order valence-electron chi connectivity index (χ4n) is 3.41. The molecule has 1 saturated heterocycles. The molecule has 0 bridgehead atoms. The summed E-state index contributed by atoms with van der Waals surface area (Å²) < 4.78 is 0. The number of nitrogens with one attached hydrogen (secondary N) is 1. The van der Waals surface area contributed by atoms with Gasteiger partial charge in [-0.05, 0) is 56.7 Å². The summed E-state index contributed by atoms with van der Waals surface area (Å²) in [5, 5.41) is 3.43. The van der Waals surface area contributed by atoms with E-state index in [0.717, 1.165) is 51.4 Å². The summed E-state index contributed by atoms with van der Waals surface area (Å²) in [5.41, 5.74) is 2.58. The Morgan fingerprint density at radius 3 is 2.38 bits per heavy atom. The van der Waals surface area contributed by atoms with Crippen LogP contribution in [0.1, 0.15) is 56.6 Å². The van der Waals surface area contributed by atoms with Crippen LogP contribution in [0.25, 0.3) is 0 Å². The van der Waals surface area contributed by atoms with Gasteiger partial charge >= 0.3 is 0 Å². The number of nitrogens with zero attached hydrogens (tertiary/aromatic N) is 1. The first-order valence-corrected chi connectivity index (χ1v) is 9.19. The summed E-state index contributed by atoms with van der Waals surface area (Å²) in [6, 6.07) is 8.66. The number of hydrogen-bond acceptors (Lipinski definition) is 2. The molecule has 0 radical (unpaired) electrons. The summed E-state index contributed by atoms with van der Waals surface area (Å²) >= 11 is 0. The minimum atomic E-state index is 0. The van der Waals surface area contributed by atoms with E-state index in [1.54, 1.807) is 0 Å². The first-order chi connectivity index (χ1) is 11.1. The molecule has 24 heavy (non-hydrogen) atoms. The maximum atomic E-state index is 12.6. The number of carbonyl (C=O) groups excluding carboxylic acids is 1. The molecule has 0 aromatic heterocycles. The van der Waals surface area contributed by atoms with Gasteiger partial charge in [-0.15, -0.1) is 12.4 Å². The fourth-order valence-corrected chi connectivity index (χ4v) is 3.41. The molecule has 0 aliphatic carbocycles. The molecule has 1 fully saturated rings. The minimum Gasteiger partial charge on any atom is -0.343 e. The molecule has 1 N–H and O–H groups in total. The van der Waals surface area contributed by atoms with Gasteiger partial charge in [-0.1, -0.05) is 43.7 Å². The highest BCUT2D eigenvalue weighted by atomic mass is 35.5. The molecule has 3 nitrogen and oxygen atoms in total. The van der Waals surface area contributed by atoms with Crippen LogP contribution in [0, 0.1) is 12.8 Å². The van der Waals surface area contributed by atoms with Crippen LogP contribution in [-0.4, -0.2) is 37.0 Å². The first-order valence-electron chi connectivity index (χ1n) is 9.19.